The van der Waals surface area contributed by atoms with Crippen molar-refractivity contribution in [2.75, 3.05) is 43.6 Å². The lowest BCUT2D eigenvalue weighted by Crippen LogP contribution is -2.58. The Balaban J connectivity index is 1.49. The van der Waals surface area contributed by atoms with E-state index in [1.807, 2.05) is 30.3 Å². The van der Waals surface area contributed by atoms with Crippen LogP contribution in [-0.2, 0) is 9.59 Å². The van der Waals surface area contributed by atoms with Gasteiger partial charge in [-0.2, -0.15) is 5.26 Å². The molecule has 2 fully saturated rings. The molecule has 2 aromatic rings. The summed E-state index contributed by atoms with van der Waals surface area (Å²) < 4.78 is 0. The number of nitrogens with zero attached hydrogens (tertiary/aromatic N) is 4. The van der Waals surface area contributed by atoms with Gasteiger partial charge in [0.2, 0.25) is 5.91 Å². The Morgan fingerprint density at radius 2 is 1.73 bits per heavy atom. The van der Waals surface area contributed by atoms with Crippen LogP contribution in [0.4, 0.5) is 16.2 Å². The molecule has 0 aliphatic carbocycles. The smallest absolute Gasteiger partial charge is 0.321 e. The molecule has 33 heavy (non-hydrogen) atoms. The number of piperidine rings is 1. The van der Waals surface area contributed by atoms with Gasteiger partial charge in [-0.25, -0.2) is 4.79 Å². The number of likely N-dealkylation sites (tertiary alicyclic amines) is 1. The molecule has 2 saturated heterocycles. The molecule has 2 N–H and O–H groups in total. The van der Waals surface area contributed by atoms with E-state index in [1.54, 1.807) is 41.1 Å². The van der Waals surface area contributed by atoms with Crippen LogP contribution >= 0.6 is 0 Å². The summed E-state index contributed by atoms with van der Waals surface area (Å²) in [6.07, 6.45) is 0.928. The largest absolute Gasteiger partial charge is 0.358 e. The van der Waals surface area contributed by atoms with E-state index in [2.05, 4.69) is 21.6 Å². The number of nitriles is 1. The second-order valence-electron chi connectivity index (χ2n) is 8.22. The fourth-order valence-corrected chi connectivity index (χ4v) is 4.49. The van der Waals surface area contributed by atoms with Crippen LogP contribution in [-0.4, -0.2) is 66.5 Å². The van der Waals surface area contributed by atoms with Crippen molar-refractivity contribution in [3.8, 4) is 6.07 Å². The third-order valence-electron chi connectivity index (χ3n) is 6.34. The summed E-state index contributed by atoms with van der Waals surface area (Å²) >= 11 is 0. The first kappa shape index (κ1) is 22.1. The van der Waals surface area contributed by atoms with Gasteiger partial charge in [0.15, 0.2) is 0 Å². The van der Waals surface area contributed by atoms with Crippen LogP contribution in [0.25, 0.3) is 0 Å². The highest BCUT2D eigenvalue weighted by atomic mass is 16.2. The summed E-state index contributed by atoms with van der Waals surface area (Å²) in [5, 5.41) is 14.4. The van der Waals surface area contributed by atoms with Gasteiger partial charge >= 0.3 is 6.03 Å². The van der Waals surface area contributed by atoms with E-state index >= 15 is 0 Å². The maximum Gasteiger partial charge on any atom is 0.321 e. The molecule has 9 heteroatoms. The van der Waals surface area contributed by atoms with E-state index in [0.717, 1.165) is 5.69 Å². The number of likely N-dealkylation sites (N-methyl/N-ethyl adjacent to an activating group) is 1. The third-order valence-corrected chi connectivity index (χ3v) is 6.34. The molecule has 2 aliphatic rings. The number of benzene rings is 2. The van der Waals surface area contributed by atoms with E-state index in [-0.39, 0.29) is 24.4 Å². The Morgan fingerprint density at radius 3 is 2.33 bits per heavy atom. The monoisotopic (exact) mass is 446 g/mol. The second kappa shape index (κ2) is 9.20. The summed E-state index contributed by atoms with van der Waals surface area (Å²) in [6, 6.07) is 18.2. The van der Waals surface area contributed by atoms with Gasteiger partial charge in [-0.15, -0.1) is 0 Å². The van der Waals surface area contributed by atoms with Crippen molar-refractivity contribution in [2.45, 2.75) is 18.4 Å². The minimum atomic E-state index is -0.791. The van der Waals surface area contributed by atoms with Crippen LogP contribution in [0.5, 0.6) is 0 Å². The molecule has 9 nitrogen and oxygen atoms in total. The summed E-state index contributed by atoms with van der Waals surface area (Å²) in [7, 11) is 1.55. The second-order valence-corrected chi connectivity index (χ2v) is 8.22. The van der Waals surface area contributed by atoms with E-state index in [4.69, 9.17) is 5.26 Å². The molecule has 0 saturated carbocycles. The predicted molar refractivity (Wildman–Crippen MR) is 123 cm³/mol. The van der Waals surface area contributed by atoms with Crippen LogP contribution in [0.1, 0.15) is 18.4 Å². The van der Waals surface area contributed by atoms with Crippen molar-refractivity contribution < 1.29 is 14.4 Å². The Labute approximate surface area is 192 Å². The van der Waals surface area contributed by atoms with Crippen molar-refractivity contribution in [1.82, 2.24) is 15.1 Å². The quantitative estimate of drug-likeness (QED) is 0.747. The Morgan fingerprint density at radius 1 is 1.06 bits per heavy atom. The topological polar surface area (TPSA) is 109 Å². The van der Waals surface area contributed by atoms with Crippen LogP contribution in [0.3, 0.4) is 0 Å². The van der Waals surface area contributed by atoms with Gasteiger partial charge < -0.3 is 25.3 Å². The zero-order valence-electron chi connectivity index (χ0n) is 18.5. The number of anilines is 2. The highest BCUT2D eigenvalue weighted by Crippen LogP contribution is 2.39. The van der Waals surface area contributed by atoms with Crippen molar-refractivity contribution in [3.05, 3.63) is 60.2 Å². The van der Waals surface area contributed by atoms with Crippen molar-refractivity contribution >= 4 is 29.2 Å². The Bertz CT molecular complexity index is 1070. The lowest BCUT2D eigenvalue weighted by atomic mass is 9.85. The lowest BCUT2D eigenvalue weighted by Gasteiger charge is -2.43. The normalized spacial score (nSPS) is 17.1. The number of hydrogen-bond acceptors (Lipinski definition) is 5. The number of para-hydroxylation sites is 1. The molecule has 0 aromatic heterocycles. The zero-order chi connectivity index (χ0) is 23.4. The SMILES string of the molecule is CNC(=O)CN1CN(c2ccccc2)C2(CCN(C(=O)Nc3ccc(C#N)cc3)CC2)C1=O. The Hall–Kier alpha value is -4.06. The van der Waals surface area contributed by atoms with Crippen LogP contribution in [0.2, 0.25) is 0 Å². The summed E-state index contributed by atoms with van der Waals surface area (Å²) in [6.45, 7) is 1.15. The summed E-state index contributed by atoms with van der Waals surface area (Å²) in [5.41, 5.74) is 1.26. The highest BCUT2D eigenvalue weighted by Gasteiger charge is 2.54. The van der Waals surface area contributed by atoms with Crippen LogP contribution < -0.4 is 15.5 Å². The number of carbonyl (C=O) groups excluding carboxylic acids is 3. The van der Waals surface area contributed by atoms with E-state index < -0.39 is 5.54 Å². The van der Waals surface area contributed by atoms with Gasteiger partial charge in [0.05, 0.1) is 18.3 Å². The number of rotatable bonds is 4. The van der Waals surface area contributed by atoms with Gasteiger partial charge in [0.1, 0.15) is 12.1 Å². The Kier molecular flexibility index (Phi) is 6.18. The number of hydrogen-bond donors (Lipinski definition) is 2. The fraction of sp³-hybridized carbons (Fsp3) is 0.333. The first-order valence-corrected chi connectivity index (χ1v) is 10.9. The average molecular weight is 447 g/mol. The van der Waals surface area contributed by atoms with E-state index in [0.29, 0.717) is 43.9 Å². The molecule has 2 aliphatic heterocycles. The molecular formula is C24H26N6O3. The fourth-order valence-electron chi connectivity index (χ4n) is 4.49. The standard InChI is InChI=1S/C24H26N6O3/c1-26-21(31)16-29-17-30(20-5-3-2-4-6-20)24(22(29)32)11-13-28(14-12-24)23(33)27-19-9-7-18(15-25)8-10-19/h2-10H,11-14,16-17H2,1H3,(H,26,31)(H,27,33). The van der Waals surface area contributed by atoms with Gasteiger partial charge in [-0.1, -0.05) is 18.2 Å². The first-order valence-electron chi connectivity index (χ1n) is 10.9. The van der Waals surface area contributed by atoms with Crippen molar-refractivity contribution in [2.24, 2.45) is 0 Å². The zero-order valence-corrected chi connectivity index (χ0v) is 18.5. The first-order chi connectivity index (χ1) is 16.0. The molecule has 2 heterocycles. The number of urea groups is 1. The molecule has 2 aromatic carbocycles. The van der Waals surface area contributed by atoms with Crippen molar-refractivity contribution in [3.63, 3.8) is 0 Å². The van der Waals surface area contributed by atoms with Crippen molar-refractivity contribution in [1.29, 1.82) is 5.26 Å². The number of amides is 4. The minimum absolute atomic E-state index is 0.00328. The number of carbonyl (C=O) groups is 3. The van der Waals surface area contributed by atoms with E-state index in [1.165, 1.54) is 0 Å². The molecule has 4 rings (SSSR count). The van der Waals surface area contributed by atoms with Gasteiger partial charge in [-0.3, -0.25) is 9.59 Å². The van der Waals surface area contributed by atoms with Gasteiger partial charge in [0.25, 0.3) is 5.91 Å². The summed E-state index contributed by atoms with van der Waals surface area (Å²) in [5.74, 6) is -0.297. The van der Waals surface area contributed by atoms with Crippen LogP contribution in [0.15, 0.2) is 54.6 Å². The lowest BCUT2D eigenvalue weighted by molar-refractivity contribution is -0.137. The maximum absolute atomic E-state index is 13.5. The maximum atomic E-state index is 13.5. The predicted octanol–water partition coefficient (Wildman–Crippen LogP) is 1.98. The number of nitrogens with one attached hydrogen (secondary N) is 2. The molecule has 4 amide bonds. The van der Waals surface area contributed by atoms with Gasteiger partial charge in [-0.05, 0) is 49.2 Å². The highest BCUT2D eigenvalue weighted by molar-refractivity contribution is 5.96. The molecule has 0 atom stereocenters. The third kappa shape index (κ3) is 4.32. The molecule has 0 bridgehead atoms. The minimum Gasteiger partial charge on any atom is -0.358 e. The molecule has 0 radical (unpaired) electrons. The molecular weight excluding hydrogens is 420 g/mol. The summed E-state index contributed by atoms with van der Waals surface area (Å²) in [4.78, 5) is 43.6. The van der Waals surface area contributed by atoms with Crippen LogP contribution in [0, 0.1) is 11.3 Å². The average Bonchev–Trinajstić information content (AvgIpc) is 3.11. The molecule has 170 valence electrons. The molecule has 0 unspecified atom stereocenters. The van der Waals surface area contributed by atoms with Gasteiger partial charge in [0, 0.05) is 31.5 Å². The molecule has 1 spiro atoms. The van der Waals surface area contributed by atoms with E-state index in [9.17, 15) is 14.4 Å².